The van der Waals surface area contributed by atoms with Crippen molar-refractivity contribution in [3.63, 3.8) is 0 Å². The van der Waals surface area contributed by atoms with Gasteiger partial charge in [-0.05, 0) is 166 Å². The SMILES string of the molecule is CCOC(=O)N1CCC(C2c3ncc(Br)cc3C=Cc3cc(Cl)cc(Br)c32)CC1.CN1CCC(C2c3ncc(Br)cc3C=Cc3cc(Cl)cc(Br)c32)CC1. The number of ether oxygens (including phenoxy) is 1. The van der Waals surface area contributed by atoms with Gasteiger partial charge in [0.2, 0.25) is 0 Å². The number of hydrogen-bond acceptors (Lipinski definition) is 5. The van der Waals surface area contributed by atoms with E-state index in [0.717, 1.165) is 65.7 Å². The van der Waals surface area contributed by atoms with Crippen LogP contribution in [0, 0.1) is 11.8 Å². The van der Waals surface area contributed by atoms with Crippen molar-refractivity contribution in [2.75, 3.05) is 39.8 Å². The van der Waals surface area contributed by atoms with E-state index in [0.29, 0.717) is 36.6 Å². The minimum absolute atomic E-state index is 0.124. The second kappa shape index (κ2) is 17.6. The molecule has 2 aromatic carbocycles. The fourth-order valence-electron chi connectivity index (χ4n) is 8.40. The number of carbonyl (C=O) groups excluding carboxylic acids is 1. The van der Waals surface area contributed by atoms with Crippen molar-refractivity contribution < 1.29 is 9.53 Å². The Balaban J connectivity index is 0.000000168. The number of hydrogen-bond donors (Lipinski definition) is 0. The second-order valence-electron chi connectivity index (χ2n) is 14.3. The van der Waals surface area contributed by atoms with Gasteiger partial charge in [-0.1, -0.05) is 79.4 Å². The van der Waals surface area contributed by atoms with Crippen LogP contribution >= 0.6 is 86.9 Å². The maximum atomic E-state index is 12.1. The molecule has 4 heterocycles. The highest BCUT2D eigenvalue weighted by molar-refractivity contribution is 9.11. The Morgan fingerprint density at radius 2 is 1.11 bits per heavy atom. The molecule has 2 saturated heterocycles. The molecule has 2 aromatic heterocycles. The predicted molar refractivity (Wildman–Crippen MR) is 235 cm³/mol. The molecule has 12 heteroatoms. The first-order chi connectivity index (χ1) is 26.0. The largest absolute Gasteiger partial charge is 0.450 e. The Labute approximate surface area is 361 Å². The normalized spacial score (nSPS) is 19.7. The number of pyridine rings is 2. The molecule has 0 spiro atoms. The summed E-state index contributed by atoms with van der Waals surface area (Å²) in [7, 11) is 2.21. The summed E-state index contributed by atoms with van der Waals surface area (Å²) in [6.07, 6.45) is 16.3. The number of likely N-dealkylation sites (tertiary alicyclic amines) is 2. The van der Waals surface area contributed by atoms with Gasteiger partial charge in [-0.3, -0.25) is 9.97 Å². The summed E-state index contributed by atoms with van der Waals surface area (Å²) in [6.45, 7) is 5.91. The molecule has 4 aliphatic rings. The van der Waals surface area contributed by atoms with Crippen molar-refractivity contribution in [3.05, 3.63) is 121 Å². The monoisotopic (exact) mass is 1020 g/mol. The number of fused-ring (bicyclic) bond motifs is 4. The molecular weight excluding hydrogens is 983 g/mol. The fraction of sp³-hybridized carbons (Fsp3) is 0.357. The van der Waals surface area contributed by atoms with Gasteiger partial charge >= 0.3 is 6.09 Å². The maximum absolute atomic E-state index is 12.1. The van der Waals surface area contributed by atoms with Crippen molar-refractivity contribution in [1.82, 2.24) is 19.8 Å². The number of piperidine rings is 2. The van der Waals surface area contributed by atoms with E-state index in [9.17, 15) is 4.79 Å². The number of halogens is 6. The highest BCUT2D eigenvalue weighted by Gasteiger charge is 2.36. The minimum atomic E-state index is -0.218. The lowest BCUT2D eigenvalue weighted by atomic mass is 9.76. The molecule has 2 aliphatic heterocycles. The Hall–Kier alpha value is -2.05. The average Bonchev–Trinajstić information content (AvgIpc) is 3.40. The zero-order valence-corrected chi connectivity index (χ0v) is 37.8. The number of amides is 1. The van der Waals surface area contributed by atoms with Crippen LogP contribution in [0.1, 0.15) is 89.2 Å². The van der Waals surface area contributed by atoms with Gasteiger partial charge in [-0.25, -0.2) is 4.79 Å². The maximum Gasteiger partial charge on any atom is 0.409 e. The molecule has 0 saturated carbocycles. The Bertz CT molecular complexity index is 2110. The predicted octanol–water partition coefficient (Wildman–Crippen LogP) is 13.0. The lowest BCUT2D eigenvalue weighted by Crippen LogP contribution is -2.40. The van der Waals surface area contributed by atoms with Gasteiger partial charge < -0.3 is 14.5 Å². The van der Waals surface area contributed by atoms with Gasteiger partial charge in [-0.15, -0.1) is 0 Å². The van der Waals surface area contributed by atoms with Crippen LogP contribution in [0.15, 0.2) is 66.7 Å². The van der Waals surface area contributed by atoms with Crippen LogP contribution in [0.5, 0.6) is 0 Å². The Morgan fingerprint density at radius 1 is 0.685 bits per heavy atom. The average molecular weight is 1020 g/mol. The zero-order chi connectivity index (χ0) is 38.1. The lowest BCUT2D eigenvalue weighted by Gasteiger charge is -2.36. The summed E-state index contributed by atoms with van der Waals surface area (Å²) in [6, 6.07) is 12.3. The molecule has 8 rings (SSSR count). The summed E-state index contributed by atoms with van der Waals surface area (Å²) in [5.41, 5.74) is 9.39. The number of nitrogens with zero attached hydrogens (tertiary/aromatic N) is 4. The van der Waals surface area contributed by atoms with Gasteiger partial charge in [0, 0.05) is 65.3 Å². The van der Waals surface area contributed by atoms with E-state index in [1.807, 2.05) is 42.4 Å². The molecule has 2 atom stereocenters. The first-order valence-corrected chi connectivity index (χ1v) is 22.2. The van der Waals surface area contributed by atoms with E-state index in [1.165, 1.54) is 40.8 Å². The zero-order valence-electron chi connectivity index (χ0n) is 30.0. The quantitative estimate of drug-likeness (QED) is 0.205. The van der Waals surface area contributed by atoms with Crippen LogP contribution in [0.4, 0.5) is 4.79 Å². The van der Waals surface area contributed by atoms with Crippen molar-refractivity contribution in [3.8, 4) is 0 Å². The van der Waals surface area contributed by atoms with E-state index in [4.69, 9.17) is 37.9 Å². The topological polar surface area (TPSA) is 58.6 Å². The van der Waals surface area contributed by atoms with E-state index in [1.54, 1.807) is 0 Å². The third-order valence-corrected chi connectivity index (χ3v) is 13.6. The molecule has 0 bridgehead atoms. The minimum Gasteiger partial charge on any atom is -0.450 e. The van der Waals surface area contributed by atoms with Gasteiger partial charge in [0.1, 0.15) is 0 Å². The summed E-state index contributed by atoms with van der Waals surface area (Å²) in [5.74, 6) is 1.36. The van der Waals surface area contributed by atoms with E-state index < -0.39 is 0 Å². The highest BCUT2D eigenvalue weighted by Crippen LogP contribution is 2.48. The number of rotatable bonds is 3. The molecule has 4 aromatic rings. The van der Waals surface area contributed by atoms with Crippen molar-refractivity contribution in [1.29, 1.82) is 0 Å². The molecule has 2 fully saturated rings. The second-order valence-corrected chi connectivity index (χ2v) is 18.7. The standard InChI is InChI=1S/C22H21Br2ClN2O2.C20H19Br2ClN2/c1-2-29-22(28)27-7-5-13(6-8-27)20-19-14(10-17(25)11-18(19)24)3-4-15-9-16(23)12-26-21(15)20;1-25-6-4-12(5-7-25)19-18-13(9-16(23)10-17(18)22)2-3-14-8-15(21)11-24-20(14)19/h3-4,9-13,20H,2,5-8H2,1H3;2-3,8-12,19H,4-7H2,1H3. The van der Waals surface area contributed by atoms with Crippen LogP contribution in [0.3, 0.4) is 0 Å². The molecular formula is C42H40Br4Cl2N4O2. The van der Waals surface area contributed by atoms with E-state index >= 15 is 0 Å². The molecule has 54 heavy (non-hydrogen) atoms. The summed E-state index contributed by atoms with van der Waals surface area (Å²) < 4.78 is 9.23. The molecule has 0 N–H and O–H groups in total. The van der Waals surface area contributed by atoms with Crippen LogP contribution in [-0.2, 0) is 4.74 Å². The lowest BCUT2D eigenvalue weighted by molar-refractivity contribution is 0.0900. The smallest absolute Gasteiger partial charge is 0.409 e. The van der Waals surface area contributed by atoms with Gasteiger partial charge in [0.05, 0.1) is 18.0 Å². The molecule has 1 amide bonds. The summed E-state index contributed by atoms with van der Waals surface area (Å²) >= 11 is 27.3. The Morgan fingerprint density at radius 3 is 1.56 bits per heavy atom. The van der Waals surface area contributed by atoms with E-state index in [2.05, 4.69) is 118 Å². The number of aromatic nitrogens is 2. The summed E-state index contributed by atoms with van der Waals surface area (Å²) in [5, 5.41) is 1.47. The molecule has 2 aliphatic carbocycles. The molecule has 0 radical (unpaired) electrons. The van der Waals surface area contributed by atoms with Crippen molar-refractivity contribution in [2.45, 2.75) is 44.4 Å². The van der Waals surface area contributed by atoms with Crippen molar-refractivity contribution >= 4 is 117 Å². The first-order valence-electron chi connectivity index (χ1n) is 18.3. The fourth-order valence-corrected chi connectivity index (χ4v) is 11.3. The summed E-state index contributed by atoms with van der Waals surface area (Å²) in [4.78, 5) is 26.0. The Kier molecular flexibility index (Phi) is 13.1. The number of carbonyl (C=O) groups is 1. The molecule has 2 unspecified atom stereocenters. The van der Waals surface area contributed by atoms with E-state index in [-0.39, 0.29) is 17.9 Å². The molecule has 6 nitrogen and oxygen atoms in total. The van der Waals surface area contributed by atoms with Crippen LogP contribution in [-0.4, -0.2) is 65.7 Å². The van der Waals surface area contributed by atoms with Crippen LogP contribution in [0.2, 0.25) is 10.0 Å². The highest BCUT2D eigenvalue weighted by atomic mass is 79.9. The third-order valence-electron chi connectivity index (χ3n) is 11.0. The molecule has 282 valence electrons. The number of benzene rings is 2. The van der Waals surface area contributed by atoms with Gasteiger partial charge in [0.15, 0.2) is 0 Å². The third kappa shape index (κ3) is 8.75. The van der Waals surface area contributed by atoms with Crippen LogP contribution in [0.25, 0.3) is 24.3 Å². The van der Waals surface area contributed by atoms with Gasteiger partial charge in [0.25, 0.3) is 0 Å². The first kappa shape index (κ1) is 40.2. The van der Waals surface area contributed by atoms with Crippen LogP contribution < -0.4 is 0 Å². The van der Waals surface area contributed by atoms with Gasteiger partial charge in [-0.2, -0.15) is 0 Å². The van der Waals surface area contributed by atoms with Crippen molar-refractivity contribution in [2.24, 2.45) is 11.8 Å².